The van der Waals surface area contributed by atoms with Crippen molar-refractivity contribution in [3.8, 4) is 0 Å². The van der Waals surface area contributed by atoms with Gasteiger partial charge < -0.3 is 10.4 Å². The zero-order valence-electron chi connectivity index (χ0n) is 10.9. The average Bonchev–Trinajstić information content (AvgIpc) is 2.23. The second kappa shape index (κ2) is 4.94. The van der Waals surface area contributed by atoms with Crippen molar-refractivity contribution in [1.82, 2.24) is 10.2 Å². The minimum absolute atomic E-state index is 0.128. The van der Waals surface area contributed by atoms with E-state index in [1.54, 1.807) is 0 Å². The highest BCUT2D eigenvalue weighted by Crippen LogP contribution is 2.33. The number of rotatable bonds is 4. The van der Waals surface area contributed by atoms with Crippen LogP contribution in [-0.4, -0.2) is 47.7 Å². The molecule has 0 aromatic rings. The van der Waals surface area contributed by atoms with E-state index in [0.29, 0.717) is 6.04 Å². The summed E-state index contributed by atoms with van der Waals surface area (Å²) in [5.41, 5.74) is -0.128. The molecule has 2 fully saturated rings. The smallest absolute Gasteiger partial charge is 0.305 e. The van der Waals surface area contributed by atoms with Gasteiger partial charge in [0.05, 0.1) is 12.0 Å². The largest absolute Gasteiger partial charge is 0.481 e. The number of carboxylic acids is 1. The van der Waals surface area contributed by atoms with Crippen molar-refractivity contribution in [2.75, 3.05) is 20.1 Å². The molecule has 0 spiro atoms. The lowest BCUT2D eigenvalue weighted by molar-refractivity contribution is -0.142. The molecule has 98 valence electrons. The quantitative estimate of drug-likeness (QED) is 0.778. The minimum Gasteiger partial charge on any atom is -0.481 e. The fourth-order valence-electron chi connectivity index (χ4n) is 3.21. The molecule has 1 aliphatic heterocycles. The average molecular weight is 240 g/mol. The molecule has 0 atom stereocenters. The molecule has 0 unspecified atom stereocenters. The van der Waals surface area contributed by atoms with E-state index in [1.165, 1.54) is 25.7 Å². The van der Waals surface area contributed by atoms with Gasteiger partial charge in [0, 0.05) is 19.1 Å². The number of carbonyl (C=O) groups is 1. The highest BCUT2D eigenvalue weighted by atomic mass is 16.4. The second-order valence-corrected chi connectivity index (χ2v) is 5.92. The summed E-state index contributed by atoms with van der Waals surface area (Å²) >= 11 is 0. The van der Waals surface area contributed by atoms with E-state index >= 15 is 0 Å². The van der Waals surface area contributed by atoms with Crippen molar-refractivity contribution < 1.29 is 9.90 Å². The maximum Gasteiger partial charge on any atom is 0.305 e. The van der Waals surface area contributed by atoms with Crippen molar-refractivity contribution in [1.29, 1.82) is 0 Å². The molecule has 1 saturated heterocycles. The molecule has 17 heavy (non-hydrogen) atoms. The maximum absolute atomic E-state index is 11.0. The molecule has 4 nitrogen and oxygen atoms in total. The summed E-state index contributed by atoms with van der Waals surface area (Å²) in [6.07, 6.45) is 5.28. The number of nitrogens with one attached hydrogen (secondary N) is 1. The Morgan fingerprint density at radius 1 is 1.35 bits per heavy atom. The van der Waals surface area contributed by atoms with Crippen molar-refractivity contribution in [3.63, 3.8) is 0 Å². The van der Waals surface area contributed by atoms with E-state index in [-0.39, 0.29) is 12.0 Å². The van der Waals surface area contributed by atoms with E-state index in [0.717, 1.165) is 19.0 Å². The van der Waals surface area contributed by atoms with E-state index in [4.69, 9.17) is 5.11 Å². The van der Waals surface area contributed by atoms with Crippen LogP contribution in [0.3, 0.4) is 0 Å². The maximum atomic E-state index is 11.0. The van der Waals surface area contributed by atoms with Crippen LogP contribution in [0.4, 0.5) is 0 Å². The Kier molecular flexibility index (Phi) is 3.73. The molecule has 0 amide bonds. The topological polar surface area (TPSA) is 52.6 Å². The number of nitrogens with zero attached hydrogens (tertiary/aromatic N) is 1. The molecule has 2 rings (SSSR count). The monoisotopic (exact) mass is 240 g/mol. The number of hydrogen-bond donors (Lipinski definition) is 2. The molecular weight excluding hydrogens is 216 g/mol. The lowest BCUT2D eigenvalue weighted by Crippen LogP contribution is -2.70. The van der Waals surface area contributed by atoms with Gasteiger partial charge in [-0.25, -0.2) is 0 Å². The first kappa shape index (κ1) is 12.8. The van der Waals surface area contributed by atoms with Crippen LogP contribution >= 0.6 is 0 Å². The third-order valence-corrected chi connectivity index (χ3v) is 4.67. The van der Waals surface area contributed by atoms with Gasteiger partial charge in [0.25, 0.3) is 0 Å². The summed E-state index contributed by atoms with van der Waals surface area (Å²) in [5.74, 6) is 0.164. The van der Waals surface area contributed by atoms with Gasteiger partial charge in [-0.05, 0) is 38.6 Å². The molecule has 2 aliphatic rings. The fraction of sp³-hybridized carbons (Fsp3) is 0.923. The van der Waals surface area contributed by atoms with Crippen molar-refractivity contribution >= 4 is 5.97 Å². The Bertz CT molecular complexity index is 281. The molecule has 1 aliphatic carbocycles. The normalized spacial score (nSPS) is 32.2. The van der Waals surface area contributed by atoms with Crippen LogP contribution in [0.1, 0.15) is 39.0 Å². The van der Waals surface area contributed by atoms with Crippen LogP contribution in [0.15, 0.2) is 0 Å². The second-order valence-electron chi connectivity index (χ2n) is 5.92. The number of hydrogen-bond acceptors (Lipinski definition) is 3. The Labute approximate surface area is 103 Å². The molecule has 2 N–H and O–H groups in total. The third kappa shape index (κ3) is 2.63. The standard InChI is InChI=1S/C13H24N2O2/c1-10-3-5-11(6-4-10)15(2)13(7-12(16)17)8-14-9-13/h10-11,14H,3-9H2,1-2H3,(H,16,17). The molecule has 0 bridgehead atoms. The SMILES string of the molecule is CC1CCC(N(C)C2(CC(=O)O)CNC2)CC1. The zero-order chi connectivity index (χ0) is 12.5. The third-order valence-electron chi connectivity index (χ3n) is 4.67. The van der Waals surface area contributed by atoms with Crippen LogP contribution < -0.4 is 5.32 Å². The first-order chi connectivity index (χ1) is 8.03. The first-order valence-corrected chi connectivity index (χ1v) is 6.69. The summed E-state index contributed by atoms with van der Waals surface area (Å²) in [4.78, 5) is 13.3. The van der Waals surface area contributed by atoms with Crippen LogP contribution in [-0.2, 0) is 4.79 Å². The summed E-state index contributed by atoms with van der Waals surface area (Å²) in [6.45, 7) is 3.96. The number of carboxylic acid groups (broad SMARTS) is 1. The van der Waals surface area contributed by atoms with Crippen molar-refractivity contribution in [3.05, 3.63) is 0 Å². The summed E-state index contributed by atoms with van der Waals surface area (Å²) in [7, 11) is 2.12. The van der Waals surface area contributed by atoms with Gasteiger partial charge in [0.15, 0.2) is 0 Å². The zero-order valence-corrected chi connectivity index (χ0v) is 10.9. The van der Waals surface area contributed by atoms with Crippen molar-refractivity contribution in [2.45, 2.75) is 50.6 Å². The highest BCUT2D eigenvalue weighted by Gasteiger charge is 2.45. The molecule has 0 aromatic carbocycles. The van der Waals surface area contributed by atoms with E-state index < -0.39 is 5.97 Å². The van der Waals surface area contributed by atoms with Crippen LogP contribution in [0, 0.1) is 5.92 Å². The number of aliphatic carboxylic acids is 1. The van der Waals surface area contributed by atoms with Gasteiger partial charge >= 0.3 is 5.97 Å². The summed E-state index contributed by atoms with van der Waals surface area (Å²) in [6, 6.07) is 0.577. The van der Waals surface area contributed by atoms with Crippen LogP contribution in [0.25, 0.3) is 0 Å². The molecule has 0 radical (unpaired) electrons. The lowest BCUT2D eigenvalue weighted by Gasteiger charge is -2.52. The van der Waals surface area contributed by atoms with Gasteiger partial charge in [0.2, 0.25) is 0 Å². The van der Waals surface area contributed by atoms with Gasteiger partial charge in [0.1, 0.15) is 0 Å². The minimum atomic E-state index is -0.678. The Hall–Kier alpha value is -0.610. The van der Waals surface area contributed by atoms with Crippen LogP contribution in [0.5, 0.6) is 0 Å². The van der Waals surface area contributed by atoms with Gasteiger partial charge in [-0.1, -0.05) is 6.92 Å². The fourth-order valence-corrected chi connectivity index (χ4v) is 3.21. The van der Waals surface area contributed by atoms with E-state index in [1.807, 2.05) is 0 Å². The first-order valence-electron chi connectivity index (χ1n) is 6.69. The lowest BCUT2D eigenvalue weighted by atomic mass is 9.81. The predicted octanol–water partition coefficient (Wildman–Crippen LogP) is 1.31. The van der Waals surface area contributed by atoms with Crippen molar-refractivity contribution in [2.24, 2.45) is 5.92 Å². The van der Waals surface area contributed by atoms with Gasteiger partial charge in [-0.3, -0.25) is 9.69 Å². The summed E-state index contributed by atoms with van der Waals surface area (Å²) in [5, 5.41) is 12.3. The molecule has 4 heteroatoms. The van der Waals surface area contributed by atoms with Crippen LogP contribution in [0.2, 0.25) is 0 Å². The Morgan fingerprint density at radius 2 is 1.94 bits per heavy atom. The molecule has 0 aromatic heterocycles. The van der Waals surface area contributed by atoms with Gasteiger partial charge in [-0.2, -0.15) is 0 Å². The molecule has 1 saturated carbocycles. The highest BCUT2D eigenvalue weighted by molar-refractivity contribution is 5.68. The van der Waals surface area contributed by atoms with E-state index in [2.05, 4.69) is 24.2 Å². The Balaban J connectivity index is 1.97. The molecule has 1 heterocycles. The predicted molar refractivity (Wildman–Crippen MR) is 67.0 cm³/mol. The Morgan fingerprint density at radius 3 is 2.35 bits per heavy atom. The van der Waals surface area contributed by atoms with E-state index in [9.17, 15) is 4.79 Å². The van der Waals surface area contributed by atoms with Gasteiger partial charge in [-0.15, -0.1) is 0 Å². The number of likely N-dealkylation sites (N-methyl/N-ethyl adjacent to an activating group) is 1. The molecular formula is C13H24N2O2. The summed E-state index contributed by atoms with van der Waals surface area (Å²) < 4.78 is 0.